The van der Waals surface area contributed by atoms with Crippen LogP contribution in [0, 0.1) is 0 Å². The Morgan fingerprint density at radius 3 is 2.74 bits per heavy atom. The van der Waals surface area contributed by atoms with Gasteiger partial charge in [0.1, 0.15) is 0 Å². The Morgan fingerprint density at radius 2 is 2.16 bits per heavy atom. The Labute approximate surface area is 119 Å². The third kappa shape index (κ3) is 5.06. The molecule has 0 aliphatic heterocycles. The van der Waals surface area contributed by atoms with Gasteiger partial charge in [0, 0.05) is 11.1 Å². The van der Waals surface area contributed by atoms with E-state index in [1.54, 1.807) is 18.2 Å². The van der Waals surface area contributed by atoms with E-state index in [2.05, 4.69) is 15.6 Å². The first-order chi connectivity index (χ1) is 8.93. The van der Waals surface area contributed by atoms with Gasteiger partial charge < -0.3 is 15.6 Å². The molecule has 106 valence electrons. The molecule has 0 aliphatic rings. The fraction of sp³-hybridized carbons (Fsp3) is 0.462. The number of nitrogens with one attached hydrogen (secondary N) is 2. The van der Waals surface area contributed by atoms with Gasteiger partial charge >= 0.3 is 0 Å². The van der Waals surface area contributed by atoms with Crippen molar-refractivity contribution in [3.05, 3.63) is 28.8 Å². The molecule has 1 atom stereocenters. The van der Waals surface area contributed by atoms with Crippen LogP contribution in [0.15, 0.2) is 18.2 Å². The highest BCUT2D eigenvalue weighted by Gasteiger charge is 2.14. The highest BCUT2D eigenvalue weighted by Crippen LogP contribution is 2.19. The molecule has 0 saturated heterocycles. The lowest BCUT2D eigenvalue weighted by Gasteiger charge is -2.17. The first kappa shape index (κ1) is 15.8. The van der Waals surface area contributed by atoms with Crippen LogP contribution in [0.3, 0.4) is 0 Å². The van der Waals surface area contributed by atoms with E-state index in [9.17, 15) is 4.79 Å². The van der Waals surface area contributed by atoms with E-state index >= 15 is 0 Å². The van der Waals surface area contributed by atoms with Gasteiger partial charge in [-0.3, -0.25) is 10.6 Å². The number of benzene rings is 1. The van der Waals surface area contributed by atoms with Crippen molar-refractivity contribution in [2.24, 2.45) is 5.84 Å². The Bertz CT molecular complexity index is 437. The lowest BCUT2D eigenvalue weighted by atomic mass is 10.1. The molecule has 0 aromatic heterocycles. The maximum atomic E-state index is 12.2. The predicted octanol–water partition coefficient (Wildman–Crippen LogP) is 1.70. The molecule has 1 aromatic rings. The van der Waals surface area contributed by atoms with E-state index in [4.69, 9.17) is 17.4 Å². The van der Waals surface area contributed by atoms with Gasteiger partial charge in [-0.25, -0.2) is 0 Å². The largest absolute Gasteiger partial charge is 0.349 e. The maximum Gasteiger partial charge on any atom is 0.253 e. The average Bonchev–Trinajstić information content (AvgIpc) is 2.36. The summed E-state index contributed by atoms with van der Waals surface area (Å²) >= 11 is 5.90. The van der Waals surface area contributed by atoms with E-state index in [-0.39, 0.29) is 11.9 Å². The Morgan fingerprint density at radius 1 is 1.47 bits per heavy atom. The zero-order valence-electron chi connectivity index (χ0n) is 11.5. The van der Waals surface area contributed by atoms with Gasteiger partial charge in [0.05, 0.1) is 11.3 Å². The van der Waals surface area contributed by atoms with Crippen LogP contribution in [-0.4, -0.2) is 37.5 Å². The fourth-order valence-electron chi connectivity index (χ4n) is 1.66. The standard InChI is InChI=1S/C13H21ClN4O/c1-9(6-7-18(2)3)16-13(19)11-8-10(14)4-5-12(11)17-15/h4-5,8-9,17H,6-7,15H2,1-3H3,(H,16,19). The van der Waals surface area contributed by atoms with E-state index in [0.29, 0.717) is 16.3 Å². The third-order valence-corrected chi connectivity index (χ3v) is 3.00. The topological polar surface area (TPSA) is 70.4 Å². The second kappa shape index (κ2) is 7.33. The molecular formula is C13H21ClN4O. The molecule has 0 heterocycles. The van der Waals surface area contributed by atoms with Crippen LogP contribution < -0.4 is 16.6 Å². The highest BCUT2D eigenvalue weighted by molar-refractivity contribution is 6.31. The van der Waals surface area contributed by atoms with Gasteiger partial charge in [0.15, 0.2) is 0 Å². The van der Waals surface area contributed by atoms with Crippen molar-refractivity contribution >= 4 is 23.2 Å². The van der Waals surface area contributed by atoms with Crippen LogP contribution in [0.25, 0.3) is 0 Å². The summed E-state index contributed by atoms with van der Waals surface area (Å²) in [6.45, 7) is 2.89. The second-order valence-corrected chi connectivity index (χ2v) is 5.24. The maximum absolute atomic E-state index is 12.2. The van der Waals surface area contributed by atoms with E-state index < -0.39 is 0 Å². The Kier molecular flexibility index (Phi) is 6.08. The predicted molar refractivity (Wildman–Crippen MR) is 79.4 cm³/mol. The number of nitrogen functional groups attached to an aromatic ring is 1. The number of carbonyl (C=O) groups is 1. The zero-order chi connectivity index (χ0) is 14.4. The van der Waals surface area contributed by atoms with Crippen LogP contribution in [0.4, 0.5) is 5.69 Å². The molecule has 19 heavy (non-hydrogen) atoms. The molecule has 1 unspecified atom stereocenters. The van der Waals surface area contributed by atoms with Crippen molar-refractivity contribution in [3.63, 3.8) is 0 Å². The number of halogens is 1. The van der Waals surface area contributed by atoms with Gasteiger partial charge in [-0.2, -0.15) is 0 Å². The van der Waals surface area contributed by atoms with Crippen molar-refractivity contribution in [3.8, 4) is 0 Å². The smallest absolute Gasteiger partial charge is 0.253 e. The molecule has 0 bridgehead atoms. The summed E-state index contributed by atoms with van der Waals surface area (Å²) in [6.07, 6.45) is 0.880. The third-order valence-electron chi connectivity index (χ3n) is 2.77. The van der Waals surface area contributed by atoms with Gasteiger partial charge in [0.25, 0.3) is 5.91 Å². The minimum atomic E-state index is -0.179. The summed E-state index contributed by atoms with van der Waals surface area (Å²) in [5.41, 5.74) is 3.51. The van der Waals surface area contributed by atoms with Gasteiger partial charge in [-0.15, -0.1) is 0 Å². The first-order valence-corrected chi connectivity index (χ1v) is 6.53. The molecule has 0 saturated carbocycles. The monoisotopic (exact) mass is 284 g/mol. The zero-order valence-corrected chi connectivity index (χ0v) is 12.3. The molecule has 1 amide bonds. The number of carbonyl (C=O) groups excluding carboxylic acids is 1. The number of anilines is 1. The number of nitrogens with zero attached hydrogens (tertiary/aromatic N) is 1. The molecule has 5 nitrogen and oxygen atoms in total. The average molecular weight is 285 g/mol. The molecule has 1 aromatic carbocycles. The van der Waals surface area contributed by atoms with Crippen LogP contribution in [-0.2, 0) is 0 Å². The summed E-state index contributed by atoms with van der Waals surface area (Å²) in [6, 6.07) is 5.05. The van der Waals surface area contributed by atoms with Crippen LogP contribution in [0.2, 0.25) is 5.02 Å². The number of hydrogen-bond acceptors (Lipinski definition) is 4. The first-order valence-electron chi connectivity index (χ1n) is 6.15. The Balaban J connectivity index is 2.69. The van der Waals surface area contributed by atoms with E-state index in [1.807, 2.05) is 21.0 Å². The lowest BCUT2D eigenvalue weighted by Crippen LogP contribution is -2.35. The van der Waals surface area contributed by atoms with Crippen LogP contribution in [0.1, 0.15) is 23.7 Å². The quantitative estimate of drug-likeness (QED) is 0.549. The normalized spacial score (nSPS) is 12.3. The molecule has 4 N–H and O–H groups in total. The molecule has 0 radical (unpaired) electrons. The highest BCUT2D eigenvalue weighted by atomic mass is 35.5. The van der Waals surface area contributed by atoms with E-state index in [1.165, 1.54) is 0 Å². The summed E-state index contributed by atoms with van der Waals surface area (Å²) in [4.78, 5) is 14.2. The lowest BCUT2D eigenvalue weighted by molar-refractivity contribution is 0.0937. The van der Waals surface area contributed by atoms with Gasteiger partial charge in [0.2, 0.25) is 0 Å². The molecule has 6 heteroatoms. The van der Waals surface area contributed by atoms with Crippen molar-refractivity contribution in [1.82, 2.24) is 10.2 Å². The summed E-state index contributed by atoms with van der Waals surface area (Å²) in [5, 5.41) is 3.44. The number of hydrogen-bond donors (Lipinski definition) is 3. The number of amides is 1. The fourth-order valence-corrected chi connectivity index (χ4v) is 1.83. The summed E-state index contributed by atoms with van der Waals surface area (Å²) < 4.78 is 0. The number of nitrogens with two attached hydrogens (primary N) is 1. The number of hydrazine groups is 1. The summed E-state index contributed by atoms with van der Waals surface area (Å²) in [7, 11) is 4.00. The Hall–Kier alpha value is -1.30. The summed E-state index contributed by atoms with van der Waals surface area (Å²) in [5.74, 6) is 5.21. The van der Waals surface area contributed by atoms with Crippen molar-refractivity contribution in [2.75, 3.05) is 26.1 Å². The van der Waals surface area contributed by atoms with Gasteiger partial charge in [-0.05, 0) is 52.2 Å². The molecule has 0 aliphatic carbocycles. The number of rotatable bonds is 6. The van der Waals surface area contributed by atoms with E-state index in [0.717, 1.165) is 13.0 Å². The van der Waals surface area contributed by atoms with Crippen LogP contribution in [0.5, 0.6) is 0 Å². The molecular weight excluding hydrogens is 264 g/mol. The molecule has 1 rings (SSSR count). The molecule has 0 fully saturated rings. The van der Waals surface area contributed by atoms with Crippen molar-refractivity contribution in [1.29, 1.82) is 0 Å². The minimum absolute atomic E-state index is 0.0829. The minimum Gasteiger partial charge on any atom is -0.349 e. The van der Waals surface area contributed by atoms with Crippen molar-refractivity contribution in [2.45, 2.75) is 19.4 Å². The SMILES string of the molecule is CC(CCN(C)C)NC(=O)c1cc(Cl)ccc1NN. The van der Waals surface area contributed by atoms with Crippen molar-refractivity contribution < 1.29 is 4.79 Å². The van der Waals surface area contributed by atoms with Crippen LogP contribution >= 0.6 is 11.6 Å². The second-order valence-electron chi connectivity index (χ2n) is 4.80. The van der Waals surface area contributed by atoms with Gasteiger partial charge in [-0.1, -0.05) is 11.6 Å². The molecule has 0 spiro atoms.